The molecule has 3 N–H and O–H groups in total. The molecule has 1 aliphatic rings. The molecule has 0 aromatic carbocycles. The molecule has 0 saturated carbocycles. The van der Waals surface area contributed by atoms with Crippen molar-refractivity contribution in [2.75, 3.05) is 42.1 Å². The first kappa shape index (κ1) is 29.5. The summed E-state index contributed by atoms with van der Waals surface area (Å²) in [6.07, 6.45) is 4.37. The minimum absolute atomic E-state index is 0.163. The van der Waals surface area contributed by atoms with E-state index in [4.69, 9.17) is 4.74 Å². The number of amides is 4. The second kappa shape index (κ2) is 13.7. The molecule has 0 unspecified atom stereocenters. The molecule has 0 radical (unpaired) electrons. The standard InChI is InChI=1S/C28H36N6O4S2/c1-28(2,3)38-27(37)32-24-19-40-18-23(24)31-25(35)22-8-7-20(15-29-22)16-34(13-6-12-33-10-4-5-11-33)26(36)30-21-9-14-39-17-21/h7-9,14-15,17-19H,4-6,10-13,16H2,1-3H3,(H,30,36)(H,31,35)(H,32,37). The lowest BCUT2D eigenvalue weighted by Gasteiger charge is -2.24. The summed E-state index contributed by atoms with van der Waals surface area (Å²) < 4.78 is 5.29. The van der Waals surface area contributed by atoms with E-state index < -0.39 is 17.6 Å². The van der Waals surface area contributed by atoms with E-state index in [2.05, 4.69) is 25.8 Å². The van der Waals surface area contributed by atoms with Crippen molar-refractivity contribution < 1.29 is 19.1 Å². The highest BCUT2D eigenvalue weighted by Gasteiger charge is 2.20. The molecule has 0 bridgehead atoms. The number of nitrogens with zero attached hydrogens (tertiary/aromatic N) is 3. The maximum atomic E-state index is 13.1. The van der Waals surface area contributed by atoms with Crippen molar-refractivity contribution in [3.63, 3.8) is 0 Å². The Morgan fingerprint density at radius 1 is 1.00 bits per heavy atom. The highest BCUT2D eigenvalue weighted by molar-refractivity contribution is 7.09. The van der Waals surface area contributed by atoms with Crippen LogP contribution in [0.4, 0.5) is 26.7 Å². The van der Waals surface area contributed by atoms with Gasteiger partial charge in [-0.1, -0.05) is 6.07 Å². The summed E-state index contributed by atoms with van der Waals surface area (Å²) in [5.41, 5.74) is 2.09. The van der Waals surface area contributed by atoms with E-state index in [1.165, 1.54) is 35.5 Å². The first-order valence-corrected chi connectivity index (χ1v) is 15.2. The number of carbonyl (C=O) groups excluding carboxylic acids is 3. The number of aromatic nitrogens is 1. The van der Waals surface area contributed by atoms with Gasteiger partial charge in [-0.2, -0.15) is 11.3 Å². The van der Waals surface area contributed by atoms with Crippen LogP contribution in [0.2, 0.25) is 0 Å². The number of ether oxygens (including phenoxy) is 1. The highest BCUT2D eigenvalue weighted by Crippen LogP contribution is 2.27. The lowest BCUT2D eigenvalue weighted by atomic mass is 10.2. The minimum atomic E-state index is -0.636. The Morgan fingerprint density at radius 3 is 2.40 bits per heavy atom. The maximum Gasteiger partial charge on any atom is 0.412 e. The zero-order valence-corrected chi connectivity index (χ0v) is 24.7. The Bertz CT molecular complexity index is 1260. The normalized spacial score (nSPS) is 13.6. The molecule has 10 nitrogen and oxygen atoms in total. The van der Waals surface area contributed by atoms with Gasteiger partial charge in [-0.25, -0.2) is 9.59 Å². The van der Waals surface area contributed by atoms with Gasteiger partial charge in [0.25, 0.3) is 5.91 Å². The smallest absolute Gasteiger partial charge is 0.412 e. The molecule has 4 amide bonds. The van der Waals surface area contributed by atoms with Crippen LogP contribution in [0.3, 0.4) is 0 Å². The third-order valence-electron chi connectivity index (χ3n) is 6.14. The number of hydrogen-bond donors (Lipinski definition) is 3. The van der Waals surface area contributed by atoms with Crippen LogP contribution in [0.15, 0.2) is 45.9 Å². The van der Waals surface area contributed by atoms with Crippen LogP contribution in [0.25, 0.3) is 0 Å². The number of anilines is 3. The minimum Gasteiger partial charge on any atom is -0.444 e. The number of urea groups is 1. The Balaban J connectivity index is 1.35. The second-order valence-corrected chi connectivity index (χ2v) is 12.1. The quantitative estimate of drug-likeness (QED) is 0.257. The average molecular weight is 585 g/mol. The average Bonchev–Trinajstić information content (AvgIpc) is 3.67. The van der Waals surface area contributed by atoms with Crippen LogP contribution in [-0.4, -0.2) is 64.6 Å². The Kier molecular flexibility index (Phi) is 10.1. The largest absolute Gasteiger partial charge is 0.444 e. The van der Waals surface area contributed by atoms with Crippen molar-refractivity contribution in [2.24, 2.45) is 0 Å². The van der Waals surface area contributed by atoms with Gasteiger partial charge < -0.3 is 25.2 Å². The van der Waals surface area contributed by atoms with E-state index in [0.29, 0.717) is 24.5 Å². The van der Waals surface area contributed by atoms with Crippen LogP contribution < -0.4 is 16.0 Å². The van der Waals surface area contributed by atoms with Gasteiger partial charge in [0.2, 0.25) is 0 Å². The van der Waals surface area contributed by atoms with Crippen LogP contribution >= 0.6 is 22.7 Å². The van der Waals surface area contributed by atoms with Gasteiger partial charge >= 0.3 is 12.1 Å². The van der Waals surface area contributed by atoms with Crippen molar-refractivity contribution >= 4 is 57.8 Å². The van der Waals surface area contributed by atoms with Crippen molar-refractivity contribution in [3.05, 3.63) is 57.2 Å². The zero-order chi connectivity index (χ0) is 28.5. The summed E-state index contributed by atoms with van der Waals surface area (Å²) in [5, 5.41) is 15.7. The predicted molar refractivity (Wildman–Crippen MR) is 160 cm³/mol. The summed E-state index contributed by atoms with van der Waals surface area (Å²) in [4.78, 5) is 46.6. The fraction of sp³-hybridized carbons (Fsp3) is 0.429. The summed E-state index contributed by atoms with van der Waals surface area (Å²) >= 11 is 2.87. The maximum absolute atomic E-state index is 13.1. The van der Waals surface area contributed by atoms with Gasteiger partial charge in [-0.15, -0.1) is 11.3 Å². The molecular formula is C28H36N6O4S2. The Labute approximate surface area is 242 Å². The fourth-order valence-corrected chi connectivity index (χ4v) is 5.55. The summed E-state index contributed by atoms with van der Waals surface area (Å²) in [5.74, 6) is -0.408. The molecule has 12 heteroatoms. The number of likely N-dealkylation sites (tertiary alicyclic amines) is 1. The third kappa shape index (κ3) is 9.04. The van der Waals surface area contributed by atoms with E-state index in [9.17, 15) is 14.4 Å². The number of pyridine rings is 1. The van der Waals surface area contributed by atoms with Crippen molar-refractivity contribution in [1.82, 2.24) is 14.8 Å². The van der Waals surface area contributed by atoms with E-state index in [1.54, 1.807) is 54.8 Å². The van der Waals surface area contributed by atoms with Gasteiger partial charge in [-0.05, 0) is 82.7 Å². The number of rotatable bonds is 10. The lowest BCUT2D eigenvalue weighted by Crippen LogP contribution is -2.36. The molecule has 1 saturated heterocycles. The molecule has 4 heterocycles. The molecule has 4 rings (SSSR count). The molecule has 214 valence electrons. The van der Waals surface area contributed by atoms with E-state index in [1.807, 2.05) is 16.8 Å². The van der Waals surface area contributed by atoms with Gasteiger partial charge in [0.15, 0.2) is 0 Å². The molecular weight excluding hydrogens is 548 g/mol. The van der Waals surface area contributed by atoms with Crippen molar-refractivity contribution in [1.29, 1.82) is 0 Å². The molecule has 40 heavy (non-hydrogen) atoms. The first-order valence-electron chi connectivity index (χ1n) is 13.3. The fourth-order valence-electron chi connectivity index (χ4n) is 4.25. The number of nitrogens with one attached hydrogen (secondary N) is 3. The zero-order valence-electron chi connectivity index (χ0n) is 23.1. The van der Waals surface area contributed by atoms with E-state index >= 15 is 0 Å². The second-order valence-electron chi connectivity index (χ2n) is 10.6. The highest BCUT2D eigenvalue weighted by atomic mass is 32.1. The summed E-state index contributed by atoms with van der Waals surface area (Å²) in [6.45, 7) is 9.54. The Morgan fingerprint density at radius 2 is 1.75 bits per heavy atom. The molecule has 0 atom stereocenters. The number of carbonyl (C=O) groups is 3. The van der Waals surface area contributed by atoms with Gasteiger partial charge in [-0.3, -0.25) is 15.1 Å². The third-order valence-corrected chi connectivity index (χ3v) is 7.56. The van der Waals surface area contributed by atoms with Gasteiger partial charge in [0, 0.05) is 35.4 Å². The van der Waals surface area contributed by atoms with E-state index in [-0.39, 0.29) is 11.7 Å². The molecule has 3 aromatic rings. The summed E-state index contributed by atoms with van der Waals surface area (Å²) in [6, 6.07) is 5.16. The summed E-state index contributed by atoms with van der Waals surface area (Å²) in [7, 11) is 0. The molecule has 0 spiro atoms. The van der Waals surface area contributed by atoms with E-state index in [0.717, 1.165) is 37.3 Å². The monoisotopic (exact) mass is 584 g/mol. The van der Waals surface area contributed by atoms with Crippen molar-refractivity contribution in [2.45, 2.75) is 52.2 Å². The van der Waals surface area contributed by atoms with Crippen molar-refractivity contribution in [3.8, 4) is 0 Å². The predicted octanol–water partition coefficient (Wildman–Crippen LogP) is 6.32. The van der Waals surface area contributed by atoms with Crippen LogP contribution in [0.1, 0.15) is 56.1 Å². The molecule has 1 fully saturated rings. The molecule has 1 aliphatic heterocycles. The van der Waals surface area contributed by atoms with Gasteiger partial charge in [0.05, 0.1) is 17.1 Å². The topological polar surface area (TPSA) is 116 Å². The lowest BCUT2D eigenvalue weighted by molar-refractivity contribution is 0.0635. The van der Waals surface area contributed by atoms with Crippen LogP contribution in [-0.2, 0) is 11.3 Å². The van der Waals surface area contributed by atoms with Gasteiger partial charge in [0.1, 0.15) is 11.3 Å². The number of hydrogen-bond acceptors (Lipinski definition) is 8. The van der Waals surface area contributed by atoms with Crippen LogP contribution in [0.5, 0.6) is 0 Å². The molecule has 0 aliphatic carbocycles. The first-order chi connectivity index (χ1) is 19.2. The SMILES string of the molecule is CC(C)(C)OC(=O)Nc1cscc1NC(=O)c1ccc(CN(CCCN2CCCC2)C(=O)Nc2ccsc2)cn1. The molecule has 3 aromatic heterocycles. The number of thiophene rings is 2. The Hall–Kier alpha value is -3.48. The van der Waals surface area contributed by atoms with Crippen LogP contribution in [0, 0.1) is 0 Å².